The average Bonchev–Trinajstić information content (AvgIpc) is 2.84. The molecule has 0 unspecified atom stereocenters. The molecule has 0 saturated heterocycles. The fourth-order valence-electron chi connectivity index (χ4n) is 1.22. The standard InChI is InChI=1S/C9H15N7O3S2/c1-20-5(7(10)16(17)18)2-3-21-4-6-13-9(19-15-6)14-8(11)12/h2-4,10H2,1H3,(H4,11,12,13,14,15). The maximum atomic E-state index is 10.6. The van der Waals surface area contributed by atoms with Crippen LogP contribution in [-0.2, 0) is 5.75 Å². The third-order valence-electron chi connectivity index (χ3n) is 2.12. The molecule has 0 atom stereocenters. The van der Waals surface area contributed by atoms with Gasteiger partial charge in [0.05, 0.1) is 10.7 Å². The number of rotatable bonds is 8. The molecule has 0 aromatic carbocycles. The number of nitrogens with zero attached hydrogens (tertiary/aromatic N) is 4. The van der Waals surface area contributed by atoms with E-state index in [-0.39, 0.29) is 17.8 Å². The summed E-state index contributed by atoms with van der Waals surface area (Å²) in [5.41, 5.74) is 15.7. The number of allylic oxidation sites excluding steroid dienone is 1. The van der Waals surface area contributed by atoms with E-state index >= 15 is 0 Å². The third kappa shape index (κ3) is 5.91. The number of nitro groups is 1. The lowest BCUT2D eigenvalue weighted by atomic mass is 10.4. The summed E-state index contributed by atoms with van der Waals surface area (Å²) < 4.78 is 4.80. The SMILES string of the molecule is CSC(CCSCc1noc(N=C(N)N)n1)=C(N)[N+](=O)[O-]. The van der Waals surface area contributed by atoms with Crippen molar-refractivity contribution < 1.29 is 9.45 Å². The van der Waals surface area contributed by atoms with Crippen molar-refractivity contribution in [2.75, 3.05) is 12.0 Å². The number of hydrogen-bond donors (Lipinski definition) is 3. The molecule has 0 radical (unpaired) electrons. The largest absolute Gasteiger partial charge is 0.370 e. The van der Waals surface area contributed by atoms with Crippen molar-refractivity contribution in [1.82, 2.24) is 10.1 Å². The molecule has 1 heterocycles. The van der Waals surface area contributed by atoms with E-state index in [1.807, 2.05) is 0 Å². The molecule has 0 bridgehead atoms. The van der Waals surface area contributed by atoms with E-state index in [2.05, 4.69) is 15.1 Å². The minimum absolute atomic E-state index is 0.00658. The van der Waals surface area contributed by atoms with Crippen molar-refractivity contribution in [3.8, 4) is 0 Å². The van der Waals surface area contributed by atoms with Gasteiger partial charge >= 0.3 is 11.8 Å². The van der Waals surface area contributed by atoms with Gasteiger partial charge in [-0.05, 0) is 23.4 Å². The second-order valence-corrected chi connectivity index (χ2v) is 5.61. The first-order chi connectivity index (χ1) is 9.93. The zero-order chi connectivity index (χ0) is 15.8. The Morgan fingerprint density at radius 3 is 2.76 bits per heavy atom. The molecule has 0 fully saturated rings. The normalized spacial score (nSPS) is 11.9. The Hall–Kier alpha value is -1.95. The summed E-state index contributed by atoms with van der Waals surface area (Å²) in [7, 11) is 0. The number of nitrogens with two attached hydrogens (primary N) is 3. The van der Waals surface area contributed by atoms with E-state index in [9.17, 15) is 10.1 Å². The second kappa shape index (κ2) is 8.36. The Bertz CT molecular complexity index is 553. The van der Waals surface area contributed by atoms with Gasteiger partial charge in [-0.2, -0.15) is 21.7 Å². The Morgan fingerprint density at radius 2 is 2.19 bits per heavy atom. The molecule has 1 rings (SSSR count). The molecule has 0 aliphatic rings. The van der Waals surface area contributed by atoms with Crippen molar-refractivity contribution in [3.05, 3.63) is 26.7 Å². The topological polar surface area (TPSA) is 172 Å². The quantitative estimate of drug-likeness (QED) is 0.198. The minimum Gasteiger partial charge on any atom is -0.370 e. The Balaban J connectivity index is 2.44. The summed E-state index contributed by atoms with van der Waals surface area (Å²) in [6.45, 7) is 0. The van der Waals surface area contributed by atoms with E-state index in [4.69, 9.17) is 21.7 Å². The molecule has 0 aliphatic carbocycles. The molecule has 6 N–H and O–H groups in total. The molecule has 1 aromatic rings. The molecule has 1 aromatic heterocycles. The lowest BCUT2D eigenvalue weighted by molar-refractivity contribution is -0.427. The van der Waals surface area contributed by atoms with Gasteiger partial charge in [-0.25, -0.2) is 0 Å². The van der Waals surface area contributed by atoms with Crippen LogP contribution >= 0.6 is 23.5 Å². The highest BCUT2D eigenvalue weighted by Gasteiger charge is 2.11. The van der Waals surface area contributed by atoms with Crippen LogP contribution in [0.4, 0.5) is 6.01 Å². The molecular formula is C9H15N7O3S2. The van der Waals surface area contributed by atoms with Crippen LogP contribution in [0.25, 0.3) is 0 Å². The number of thioether (sulfide) groups is 2. The fraction of sp³-hybridized carbons (Fsp3) is 0.444. The van der Waals surface area contributed by atoms with Crippen molar-refractivity contribution in [3.63, 3.8) is 0 Å². The summed E-state index contributed by atoms with van der Waals surface area (Å²) in [4.78, 5) is 18.1. The molecule has 21 heavy (non-hydrogen) atoms. The highest BCUT2D eigenvalue weighted by Crippen LogP contribution is 2.22. The van der Waals surface area contributed by atoms with E-state index < -0.39 is 4.92 Å². The molecule has 0 aliphatic heterocycles. The zero-order valence-corrected chi connectivity index (χ0v) is 12.8. The Morgan fingerprint density at radius 1 is 1.48 bits per heavy atom. The molecule has 116 valence electrons. The van der Waals surface area contributed by atoms with E-state index in [0.29, 0.717) is 28.7 Å². The van der Waals surface area contributed by atoms with Crippen LogP contribution in [0.3, 0.4) is 0 Å². The summed E-state index contributed by atoms with van der Waals surface area (Å²) in [5, 5.41) is 14.3. The number of hydrogen-bond acceptors (Lipinski definition) is 9. The molecular weight excluding hydrogens is 318 g/mol. The first-order valence-electron chi connectivity index (χ1n) is 5.61. The van der Waals surface area contributed by atoms with Gasteiger partial charge in [-0.15, -0.1) is 11.8 Å². The summed E-state index contributed by atoms with van der Waals surface area (Å²) in [5.74, 6) is 1.08. The zero-order valence-electron chi connectivity index (χ0n) is 11.2. The molecule has 0 spiro atoms. The lowest BCUT2D eigenvalue weighted by Gasteiger charge is -2.04. The van der Waals surface area contributed by atoms with Crippen LogP contribution in [-0.4, -0.2) is 33.0 Å². The highest BCUT2D eigenvalue weighted by molar-refractivity contribution is 8.02. The van der Waals surface area contributed by atoms with E-state index in [0.717, 1.165) is 0 Å². The summed E-state index contributed by atoms with van der Waals surface area (Å²) in [6, 6.07) is -0.00658. The van der Waals surface area contributed by atoms with Crippen LogP contribution in [0, 0.1) is 10.1 Å². The first kappa shape index (κ1) is 17.1. The fourth-order valence-corrected chi connectivity index (χ4v) is 2.74. The van der Waals surface area contributed by atoms with Crippen molar-refractivity contribution in [2.45, 2.75) is 12.2 Å². The maximum Gasteiger partial charge on any atom is 0.350 e. The van der Waals surface area contributed by atoms with Gasteiger partial charge in [-0.1, -0.05) is 5.16 Å². The molecule has 12 heteroatoms. The van der Waals surface area contributed by atoms with Gasteiger partial charge in [0.15, 0.2) is 11.8 Å². The van der Waals surface area contributed by atoms with Crippen molar-refractivity contribution >= 4 is 35.5 Å². The third-order valence-corrected chi connectivity index (χ3v) is 3.98. The summed E-state index contributed by atoms with van der Waals surface area (Å²) in [6.07, 6.45) is 2.24. The van der Waals surface area contributed by atoms with Gasteiger partial charge in [0.2, 0.25) is 0 Å². The molecule has 10 nitrogen and oxygen atoms in total. The van der Waals surface area contributed by atoms with E-state index in [1.54, 1.807) is 6.26 Å². The van der Waals surface area contributed by atoms with Crippen LogP contribution in [0.1, 0.15) is 12.2 Å². The number of aliphatic imine (C=N–C) groups is 1. The monoisotopic (exact) mass is 333 g/mol. The van der Waals surface area contributed by atoms with Crippen molar-refractivity contribution in [1.29, 1.82) is 0 Å². The highest BCUT2D eigenvalue weighted by atomic mass is 32.2. The maximum absolute atomic E-state index is 10.6. The molecule has 0 amide bonds. The first-order valence-corrected chi connectivity index (χ1v) is 7.99. The van der Waals surface area contributed by atoms with Gasteiger partial charge in [0, 0.05) is 0 Å². The van der Waals surface area contributed by atoms with Crippen LogP contribution < -0.4 is 17.2 Å². The lowest BCUT2D eigenvalue weighted by Crippen LogP contribution is -2.21. The predicted molar refractivity (Wildman–Crippen MR) is 82.3 cm³/mol. The Labute approximate surface area is 128 Å². The Kier molecular flexibility index (Phi) is 6.81. The number of guanidine groups is 1. The average molecular weight is 333 g/mol. The summed E-state index contributed by atoms with van der Waals surface area (Å²) >= 11 is 2.76. The number of aromatic nitrogens is 2. The minimum atomic E-state index is -0.586. The predicted octanol–water partition coefficient (Wildman–Crippen LogP) is 0.365. The van der Waals surface area contributed by atoms with Crippen LogP contribution in [0.2, 0.25) is 0 Å². The van der Waals surface area contributed by atoms with Crippen molar-refractivity contribution in [2.24, 2.45) is 22.2 Å². The second-order valence-electron chi connectivity index (χ2n) is 3.60. The van der Waals surface area contributed by atoms with Gasteiger partial charge < -0.3 is 26.1 Å². The van der Waals surface area contributed by atoms with Gasteiger partial charge in [0.25, 0.3) is 0 Å². The van der Waals surface area contributed by atoms with Crippen LogP contribution in [0.5, 0.6) is 0 Å². The van der Waals surface area contributed by atoms with E-state index in [1.165, 1.54) is 23.5 Å². The molecule has 0 saturated carbocycles. The smallest absolute Gasteiger partial charge is 0.350 e. The van der Waals surface area contributed by atoms with Gasteiger partial charge in [-0.3, -0.25) is 5.73 Å². The van der Waals surface area contributed by atoms with Crippen LogP contribution in [0.15, 0.2) is 20.2 Å². The van der Waals surface area contributed by atoms with Gasteiger partial charge in [0.1, 0.15) is 0 Å².